The summed E-state index contributed by atoms with van der Waals surface area (Å²) in [6, 6.07) is 0. The molecule has 0 saturated carbocycles. The van der Waals surface area contributed by atoms with E-state index >= 15 is 0 Å². The molecule has 0 aromatic rings. The van der Waals surface area contributed by atoms with Gasteiger partial charge in [0, 0.05) is 16.4 Å². The van der Waals surface area contributed by atoms with Crippen LogP contribution < -0.4 is 0 Å². The van der Waals surface area contributed by atoms with Gasteiger partial charge in [-0.05, 0) is 25.7 Å². The fourth-order valence-corrected chi connectivity index (χ4v) is 3.81. The van der Waals surface area contributed by atoms with E-state index in [1.165, 1.54) is 12.8 Å². The Morgan fingerprint density at radius 3 is 2.30 bits per heavy atom. The van der Waals surface area contributed by atoms with Gasteiger partial charge in [0.15, 0.2) is 0 Å². The SMILES string of the molecule is O=CC1CC2CCC(C1)S2. The standard InChI is InChI=1S/C8H12OS/c9-5-6-3-7-1-2-8(4-6)10-7/h5-8H,1-4H2. The minimum atomic E-state index is 0.402. The number of hydrogen-bond acceptors (Lipinski definition) is 2. The molecule has 0 N–H and O–H groups in total. The molecule has 2 rings (SSSR count). The third kappa shape index (κ3) is 1.09. The smallest absolute Gasteiger partial charge is 0.123 e. The predicted octanol–water partition coefficient (Wildman–Crippen LogP) is 1.86. The van der Waals surface area contributed by atoms with Gasteiger partial charge in [-0.2, -0.15) is 11.8 Å². The van der Waals surface area contributed by atoms with Crippen LogP contribution in [0.25, 0.3) is 0 Å². The number of carbonyl (C=O) groups excluding carboxylic acids is 1. The van der Waals surface area contributed by atoms with Crippen molar-refractivity contribution in [1.29, 1.82) is 0 Å². The van der Waals surface area contributed by atoms with Crippen molar-refractivity contribution in [3.05, 3.63) is 0 Å². The van der Waals surface area contributed by atoms with Gasteiger partial charge >= 0.3 is 0 Å². The van der Waals surface area contributed by atoms with Crippen LogP contribution in [0.5, 0.6) is 0 Å². The van der Waals surface area contributed by atoms with Crippen molar-refractivity contribution in [3.8, 4) is 0 Å². The Morgan fingerprint density at radius 2 is 1.80 bits per heavy atom. The van der Waals surface area contributed by atoms with Crippen molar-refractivity contribution >= 4 is 18.0 Å². The summed E-state index contributed by atoms with van der Waals surface area (Å²) < 4.78 is 0. The molecule has 2 unspecified atom stereocenters. The molecule has 56 valence electrons. The monoisotopic (exact) mass is 156 g/mol. The topological polar surface area (TPSA) is 17.1 Å². The van der Waals surface area contributed by atoms with Crippen molar-refractivity contribution in [1.82, 2.24) is 0 Å². The molecule has 1 nitrogen and oxygen atoms in total. The highest BCUT2D eigenvalue weighted by molar-refractivity contribution is 8.00. The number of thioether (sulfide) groups is 1. The van der Waals surface area contributed by atoms with Crippen molar-refractivity contribution in [2.45, 2.75) is 36.2 Å². The van der Waals surface area contributed by atoms with Gasteiger partial charge in [-0.15, -0.1) is 0 Å². The second-order valence-corrected chi connectivity index (χ2v) is 4.93. The molecule has 2 bridgehead atoms. The summed E-state index contributed by atoms with van der Waals surface area (Å²) in [4.78, 5) is 10.5. The number of aldehydes is 1. The van der Waals surface area contributed by atoms with Gasteiger partial charge in [0.1, 0.15) is 6.29 Å². The molecule has 2 heterocycles. The quantitative estimate of drug-likeness (QED) is 0.539. The minimum absolute atomic E-state index is 0.402. The Bertz CT molecular complexity index is 134. The summed E-state index contributed by atoms with van der Waals surface area (Å²) in [6.45, 7) is 0. The zero-order valence-corrected chi connectivity index (χ0v) is 6.77. The van der Waals surface area contributed by atoms with Crippen LogP contribution in [0.4, 0.5) is 0 Å². The Kier molecular flexibility index (Phi) is 1.73. The third-order valence-electron chi connectivity index (χ3n) is 2.52. The molecule has 2 fully saturated rings. The second-order valence-electron chi connectivity index (χ2n) is 3.33. The molecule has 0 amide bonds. The van der Waals surface area contributed by atoms with Crippen molar-refractivity contribution in [3.63, 3.8) is 0 Å². The molecule has 10 heavy (non-hydrogen) atoms. The molecule has 0 spiro atoms. The van der Waals surface area contributed by atoms with Gasteiger partial charge in [0.05, 0.1) is 0 Å². The summed E-state index contributed by atoms with van der Waals surface area (Å²) in [7, 11) is 0. The molecule has 0 aliphatic carbocycles. The van der Waals surface area contributed by atoms with Crippen LogP contribution in [0.1, 0.15) is 25.7 Å². The van der Waals surface area contributed by atoms with Gasteiger partial charge in [-0.3, -0.25) is 0 Å². The summed E-state index contributed by atoms with van der Waals surface area (Å²) in [5, 5.41) is 1.66. The summed E-state index contributed by atoms with van der Waals surface area (Å²) in [5.74, 6) is 0.402. The summed E-state index contributed by atoms with van der Waals surface area (Å²) in [6.07, 6.45) is 6.19. The molecular formula is C8H12OS. The Hall–Kier alpha value is 0.0200. The lowest BCUT2D eigenvalue weighted by atomic mass is 10.0. The number of fused-ring (bicyclic) bond motifs is 2. The highest BCUT2D eigenvalue weighted by atomic mass is 32.2. The molecule has 2 atom stereocenters. The molecule has 2 saturated heterocycles. The van der Waals surface area contributed by atoms with E-state index < -0.39 is 0 Å². The zero-order chi connectivity index (χ0) is 6.97. The Labute approximate surface area is 65.6 Å². The summed E-state index contributed by atoms with van der Waals surface area (Å²) >= 11 is 2.11. The highest BCUT2D eigenvalue weighted by Gasteiger charge is 2.34. The third-order valence-corrected chi connectivity index (χ3v) is 4.15. The van der Waals surface area contributed by atoms with Gasteiger partial charge in [0.2, 0.25) is 0 Å². The van der Waals surface area contributed by atoms with Gasteiger partial charge < -0.3 is 4.79 Å². The van der Waals surface area contributed by atoms with Crippen molar-refractivity contribution < 1.29 is 4.79 Å². The molecule has 2 heteroatoms. The van der Waals surface area contributed by atoms with E-state index in [4.69, 9.17) is 0 Å². The van der Waals surface area contributed by atoms with Crippen LogP contribution in [-0.4, -0.2) is 16.8 Å². The van der Waals surface area contributed by atoms with E-state index in [1.54, 1.807) is 0 Å². The molecule has 0 radical (unpaired) electrons. The molecule has 0 aromatic heterocycles. The zero-order valence-electron chi connectivity index (χ0n) is 5.95. The molecule has 2 aliphatic heterocycles. The second kappa shape index (κ2) is 2.57. The lowest BCUT2D eigenvalue weighted by Gasteiger charge is -2.22. The first-order chi connectivity index (χ1) is 4.88. The van der Waals surface area contributed by atoms with Crippen molar-refractivity contribution in [2.24, 2.45) is 5.92 Å². The first-order valence-electron chi connectivity index (χ1n) is 3.99. The first-order valence-corrected chi connectivity index (χ1v) is 4.93. The van der Waals surface area contributed by atoms with E-state index in [1.807, 2.05) is 0 Å². The highest BCUT2D eigenvalue weighted by Crippen LogP contribution is 2.45. The number of hydrogen-bond donors (Lipinski definition) is 0. The lowest BCUT2D eigenvalue weighted by molar-refractivity contribution is -0.111. The molecular weight excluding hydrogens is 144 g/mol. The maximum Gasteiger partial charge on any atom is 0.123 e. The Balaban J connectivity index is 2.02. The average molecular weight is 156 g/mol. The van der Waals surface area contributed by atoms with Crippen molar-refractivity contribution in [2.75, 3.05) is 0 Å². The van der Waals surface area contributed by atoms with Crippen LogP contribution in [0.3, 0.4) is 0 Å². The van der Waals surface area contributed by atoms with Gasteiger partial charge in [-0.1, -0.05) is 0 Å². The maximum absolute atomic E-state index is 10.5. The number of carbonyl (C=O) groups is 1. The van der Waals surface area contributed by atoms with E-state index in [0.717, 1.165) is 29.6 Å². The van der Waals surface area contributed by atoms with Gasteiger partial charge in [0.25, 0.3) is 0 Å². The Morgan fingerprint density at radius 1 is 1.20 bits per heavy atom. The van der Waals surface area contributed by atoms with E-state index in [9.17, 15) is 4.79 Å². The average Bonchev–Trinajstić information content (AvgIpc) is 2.30. The van der Waals surface area contributed by atoms with Crippen LogP contribution >= 0.6 is 11.8 Å². The normalized spacial score (nSPS) is 45.4. The summed E-state index contributed by atoms with van der Waals surface area (Å²) in [5.41, 5.74) is 0. The van der Waals surface area contributed by atoms with Crippen LogP contribution in [0, 0.1) is 5.92 Å². The maximum atomic E-state index is 10.5. The predicted molar refractivity (Wildman–Crippen MR) is 43.2 cm³/mol. The minimum Gasteiger partial charge on any atom is -0.303 e. The van der Waals surface area contributed by atoms with E-state index in [2.05, 4.69) is 11.8 Å². The lowest BCUT2D eigenvalue weighted by Crippen LogP contribution is -2.17. The van der Waals surface area contributed by atoms with E-state index in [0.29, 0.717) is 5.92 Å². The number of rotatable bonds is 1. The fraction of sp³-hybridized carbons (Fsp3) is 0.875. The fourth-order valence-electron chi connectivity index (χ4n) is 2.01. The van der Waals surface area contributed by atoms with Crippen LogP contribution in [-0.2, 0) is 4.79 Å². The van der Waals surface area contributed by atoms with Gasteiger partial charge in [-0.25, -0.2) is 0 Å². The van der Waals surface area contributed by atoms with Crippen LogP contribution in [0.2, 0.25) is 0 Å². The molecule has 0 aromatic carbocycles. The molecule has 2 aliphatic rings. The van der Waals surface area contributed by atoms with Crippen LogP contribution in [0.15, 0.2) is 0 Å². The van der Waals surface area contributed by atoms with E-state index in [-0.39, 0.29) is 0 Å². The largest absolute Gasteiger partial charge is 0.303 e. The first kappa shape index (κ1) is 6.71.